The fraction of sp³-hybridized carbons (Fsp3) is 0.619. The molecule has 1 N–H and O–H groups in total. The van der Waals surface area contributed by atoms with Crippen LogP contribution < -0.4 is 5.32 Å². The topological polar surface area (TPSA) is 46.1 Å². The predicted octanol–water partition coefficient (Wildman–Crippen LogP) is 4.69. The van der Waals surface area contributed by atoms with E-state index in [4.69, 9.17) is 33.5 Å². The van der Waals surface area contributed by atoms with Gasteiger partial charge in [-0.05, 0) is 48.7 Å². The number of halogens is 1. The summed E-state index contributed by atoms with van der Waals surface area (Å²) in [7, 11) is 0. The third kappa shape index (κ3) is 4.97. The molecule has 2 fully saturated rings. The molecule has 5 nitrogen and oxygen atoms in total. The number of thiocarbonyl (C=S) groups is 1. The van der Waals surface area contributed by atoms with Gasteiger partial charge in [0.15, 0.2) is 0 Å². The summed E-state index contributed by atoms with van der Waals surface area (Å²) in [5.74, 6) is 0.732. The van der Waals surface area contributed by atoms with Gasteiger partial charge >= 0.3 is 0 Å². The van der Waals surface area contributed by atoms with E-state index in [2.05, 4.69) is 10.5 Å². The lowest BCUT2D eigenvalue weighted by molar-refractivity contribution is -0.145. The average molecular weight is 422 g/mol. The van der Waals surface area contributed by atoms with Gasteiger partial charge in [0.25, 0.3) is 5.17 Å². The van der Waals surface area contributed by atoms with E-state index in [0.29, 0.717) is 5.17 Å². The maximum Gasteiger partial charge on any atom is 0.278 e. The smallest absolute Gasteiger partial charge is 0.278 e. The van der Waals surface area contributed by atoms with Crippen LogP contribution in [-0.4, -0.2) is 41.2 Å². The standard InChI is InChI=1S/C21H28ClN3O2S/c22-18-8-6-17(7-9-18)19-14-21(27-24-19)10-12-25(13-11-21)26-20(28)23-15-16-4-2-1-3-5-16/h6-9,16H,1-5,10-15H2,(H,23,28). The summed E-state index contributed by atoms with van der Waals surface area (Å²) in [6, 6.07) is 7.78. The first kappa shape index (κ1) is 19.9. The Morgan fingerprint density at radius 1 is 1.21 bits per heavy atom. The molecule has 0 bridgehead atoms. The van der Waals surface area contributed by atoms with Crippen molar-refractivity contribution in [3.8, 4) is 0 Å². The minimum atomic E-state index is -0.216. The van der Waals surface area contributed by atoms with Crippen molar-refractivity contribution in [1.29, 1.82) is 0 Å². The Morgan fingerprint density at radius 2 is 1.93 bits per heavy atom. The molecular formula is C21H28ClN3O2S. The summed E-state index contributed by atoms with van der Waals surface area (Å²) in [6.45, 7) is 2.50. The van der Waals surface area contributed by atoms with E-state index >= 15 is 0 Å². The van der Waals surface area contributed by atoms with Crippen molar-refractivity contribution in [2.75, 3.05) is 19.6 Å². The quantitative estimate of drug-likeness (QED) is 0.715. The van der Waals surface area contributed by atoms with Gasteiger partial charge in [-0.25, -0.2) is 0 Å². The van der Waals surface area contributed by atoms with Crippen molar-refractivity contribution >= 4 is 34.7 Å². The van der Waals surface area contributed by atoms with Crippen LogP contribution in [0.2, 0.25) is 5.02 Å². The Kier molecular flexibility index (Phi) is 6.38. The summed E-state index contributed by atoms with van der Waals surface area (Å²) < 4.78 is 0. The Balaban J connectivity index is 1.20. The fourth-order valence-electron chi connectivity index (χ4n) is 4.34. The van der Waals surface area contributed by atoms with E-state index in [1.165, 1.54) is 32.1 Å². The predicted molar refractivity (Wildman–Crippen MR) is 115 cm³/mol. The van der Waals surface area contributed by atoms with Crippen LogP contribution in [0.3, 0.4) is 0 Å². The minimum Gasteiger partial charge on any atom is -0.388 e. The summed E-state index contributed by atoms with van der Waals surface area (Å²) >= 11 is 11.4. The zero-order valence-corrected chi connectivity index (χ0v) is 17.7. The molecule has 2 aliphatic heterocycles. The molecule has 0 amide bonds. The fourth-order valence-corrected chi connectivity index (χ4v) is 4.65. The van der Waals surface area contributed by atoms with E-state index < -0.39 is 0 Å². The number of nitrogens with zero attached hydrogens (tertiary/aromatic N) is 2. The molecule has 1 aromatic carbocycles. The van der Waals surface area contributed by atoms with Gasteiger partial charge in [-0.3, -0.25) is 0 Å². The second-order valence-electron chi connectivity index (χ2n) is 8.19. The van der Waals surface area contributed by atoms with Crippen LogP contribution in [-0.2, 0) is 9.68 Å². The molecule has 3 aliphatic rings. The highest BCUT2D eigenvalue weighted by atomic mass is 35.5. The van der Waals surface area contributed by atoms with Crippen LogP contribution in [0.4, 0.5) is 0 Å². The zero-order chi connectivity index (χ0) is 19.4. The van der Waals surface area contributed by atoms with Crippen LogP contribution in [0.1, 0.15) is 56.9 Å². The first-order valence-corrected chi connectivity index (χ1v) is 11.1. The number of nitrogens with one attached hydrogen (secondary N) is 1. The number of piperidine rings is 1. The summed E-state index contributed by atoms with van der Waals surface area (Å²) in [5, 5.41) is 10.8. The summed E-state index contributed by atoms with van der Waals surface area (Å²) in [4.78, 5) is 11.7. The molecular weight excluding hydrogens is 394 g/mol. The van der Waals surface area contributed by atoms with Crippen LogP contribution in [0, 0.1) is 5.92 Å². The molecule has 0 atom stereocenters. The first-order valence-electron chi connectivity index (χ1n) is 10.3. The molecule has 1 spiro atoms. The van der Waals surface area contributed by atoms with E-state index in [0.717, 1.165) is 61.1 Å². The van der Waals surface area contributed by atoms with Crippen molar-refractivity contribution in [2.45, 2.75) is 57.0 Å². The Morgan fingerprint density at radius 3 is 2.64 bits per heavy atom. The molecule has 0 radical (unpaired) electrons. The minimum absolute atomic E-state index is 0.216. The molecule has 1 aromatic rings. The molecule has 28 heavy (non-hydrogen) atoms. The molecule has 0 unspecified atom stereocenters. The van der Waals surface area contributed by atoms with Gasteiger partial charge in [0.2, 0.25) is 0 Å². The van der Waals surface area contributed by atoms with E-state index in [-0.39, 0.29) is 5.60 Å². The van der Waals surface area contributed by atoms with Crippen LogP contribution in [0.5, 0.6) is 0 Å². The maximum atomic E-state index is 5.98. The van der Waals surface area contributed by atoms with Crippen molar-refractivity contribution < 1.29 is 9.68 Å². The number of hydroxylamine groups is 2. The van der Waals surface area contributed by atoms with Crippen molar-refractivity contribution in [3.05, 3.63) is 34.9 Å². The van der Waals surface area contributed by atoms with Crippen LogP contribution in [0.25, 0.3) is 0 Å². The Bertz CT molecular complexity index is 711. The second-order valence-corrected chi connectivity index (χ2v) is 9.00. The normalized spacial score (nSPS) is 22.5. The molecule has 1 saturated heterocycles. The zero-order valence-electron chi connectivity index (χ0n) is 16.2. The Hall–Kier alpha value is -1.37. The number of rotatable bonds is 4. The van der Waals surface area contributed by atoms with Crippen molar-refractivity contribution in [3.63, 3.8) is 0 Å². The largest absolute Gasteiger partial charge is 0.388 e. The van der Waals surface area contributed by atoms with Gasteiger partial charge in [-0.2, -0.15) is 0 Å². The Labute approximate surface area is 177 Å². The van der Waals surface area contributed by atoms with E-state index in [1.54, 1.807) is 0 Å². The van der Waals surface area contributed by atoms with E-state index in [1.807, 2.05) is 29.3 Å². The molecule has 7 heteroatoms. The molecule has 0 aromatic heterocycles. The lowest BCUT2D eigenvalue weighted by Crippen LogP contribution is -2.46. The first-order chi connectivity index (χ1) is 13.6. The average Bonchev–Trinajstić information content (AvgIpc) is 3.13. The van der Waals surface area contributed by atoms with Gasteiger partial charge in [-0.1, -0.05) is 48.2 Å². The highest BCUT2D eigenvalue weighted by molar-refractivity contribution is 7.80. The SMILES string of the molecule is S=C(NCC1CCCCC1)ON1CCC2(CC1)CC(c1ccc(Cl)cc1)=NO2. The van der Waals surface area contributed by atoms with Gasteiger partial charge in [0.1, 0.15) is 5.60 Å². The molecule has 4 rings (SSSR count). The summed E-state index contributed by atoms with van der Waals surface area (Å²) in [6.07, 6.45) is 9.23. The van der Waals surface area contributed by atoms with Crippen molar-refractivity contribution in [2.24, 2.45) is 11.1 Å². The number of hydrogen-bond acceptors (Lipinski definition) is 5. The highest BCUT2D eigenvalue weighted by Gasteiger charge is 2.43. The van der Waals surface area contributed by atoms with Crippen LogP contribution >= 0.6 is 23.8 Å². The third-order valence-electron chi connectivity index (χ3n) is 6.12. The second kappa shape index (κ2) is 8.97. The van der Waals surface area contributed by atoms with E-state index in [9.17, 15) is 0 Å². The molecule has 1 saturated carbocycles. The van der Waals surface area contributed by atoms with Crippen molar-refractivity contribution in [1.82, 2.24) is 10.4 Å². The van der Waals surface area contributed by atoms with Gasteiger partial charge in [-0.15, -0.1) is 5.06 Å². The maximum absolute atomic E-state index is 5.98. The third-order valence-corrected chi connectivity index (χ3v) is 6.59. The summed E-state index contributed by atoms with van der Waals surface area (Å²) in [5.41, 5.74) is 1.86. The molecule has 2 heterocycles. The van der Waals surface area contributed by atoms with Gasteiger partial charge < -0.3 is 15.0 Å². The van der Waals surface area contributed by atoms with Gasteiger partial charge in [0.05, 0.1) is 5.71 Å². The van der Waals surface area contributed by atoms with Crippen LogP contribution in [0.15, 0.2) is 29.4 Å². The number of hydrogen-bond donors (Lipinski definition) is 1. The lowest BCUT2D eigenvalue weighted by Gasteiger charge is -2.36. The molecule has 1 aliphatic carbocycles. The molecule has 152 valence electrons. The monoisotopic (exact) mass is 421 g/mol. The number of oxime groups is 1. The van der Waals surface area contributed by atoms with Gasteiger partial charge in [0, 0.05) is 43.9 Å². The highest BCUT2D eigenvalue weighted by Crippen LogP contribution is 2.36. The number of benzene rings is 1. The lowest BCUT2D eigenvalue weighted by atomic mass is 9.86.